The van der Waals surface area contributed by atoms with Gasteiger partial charge in [-0.3, -0.25) is 4.79 Å². The van der Waals surface area contributed by atoms with Crippen LogP contribution in [0.5, 0.6) is 0 Å². The largest absolute Gasteiger partial charge is 0.338 e. The zero-order chi connectivity index (χ0) is 12.3. The maximum atomic E-state index is 11.8. The summed E-state index contributed by atoms with van der Waals surface area (Å²) in [4.78, 5) is 13.6. The molecule has 1 heterocycles. The Bertz CT molecular complexity index is 435. The quantitative estimate of drug-likeness (QED) is 0.794. The SMILES string of the molecule is CC(Cc1ccccc1)N1CC(C#N)CC1=O. The average molecular weight is 228 g/mol. The third kappa shape index (κ3) is 2.65. The molecular weight excluding hydrogens is 212 g/mol. The van der Waals surface area contributed by atoms with Crippen molar-refractivity contribution in [1.29, 1.82) is 5.26 Å². The van der Waals surface area contributed by atoms with Crippen molar-refractivity contribution in [1.82, 2.24) is 4.90 Å². The molecule has 1 fully saturated rings. The fourth-order valence-electron chi connectivity index (χ4n) is 2.31. The summed E-state index contributed by atoms with van der Waals surface area (Å²) in [5.74, 6) is -0.0132. The van der Waals surface area contributed by atoms with E-state index in [9.17, 15) is 4.79 Å². The lowest BCUT2D eigenvalue weighted by Crippen LogP contribution is -2.35. The number of likely N-dealkylation sites (tertiary alicyclic amines) is 1. The zero-order valence-corrected chi connectivity index (χ0v) is 9.97. The Morgan fingerprint density at radius 1 is 1.47 bits per heavy atom. The first kappa shape index (κ1) is 11.7. The monoisotopic (exact) mass is 228 g/mol. The Morgan fingerprint density at radius 2 is 2.18 bits per heavy atom. The summed E-state index contributed by atoms with van der Waals surface area (Å²) < 4.78 is 0. The summed E-state index contributed by atoms with van der Waals surface area (Å²) in [6.07, 6.45) is 1.24. The molecule has 2 unspecified atom stereocenters. The molecule has 17 heavy (non-hydrogen) atoms. The Balaban J connectivity index is 2.00. The van der Waals surface area contributed by atoms with E-state index in [2.05, 4.69) is 18.2 Å². The van der Waals surface area contributed by atoms with Crippen molar-refractivity contribution >= 4 is 5.91 Å². The molecule has 0 saturated carbocycles. The second-order valence-electron chi connectivity index (χ2n) is 4.61. The van der Waals surface area contributed by atoms with Crippen LogP contribution in [0, 0.1) is 17.2 Å². The highest BCUT2D eigenvalue weighted by Crippen LogP contribution is 2.21. The van der Waals surface area contributed by atoms with Crippen LogP contribution >= 0.6 is 0 Å². The van der Waals surface area contributed by atoms with Gasteiger partial charge in [0.15, 0.2) is 0 Å². The van der Waals surface area contributed by atoms with E-state index in [-0.39, 0.29) is 17.9 Å². The number of nitrogens with zero attached hydrogens (tertiary/aromatic N) is 2. The van der Waals surface area contributed by atoms with E-state index in [4.69, 9.17) is 5.26 Å². The predicted molar refractivity (Wildman–Crippen MR) is 65.0 cm³/mol. The van der Waals surface area contributed by atoms with E-state index in [0.29, 0.717) is 13.0 Å². The van der Waals surface area contributed by atoms with Crippen molar-refractivity contribution < 1.29 is 4.79 Å². The Hall–Kier alpha value is -1.82. The lowest BCUT2D eigenvalue weighted by atomic mass is 10.1. The topological polar surface area (TPSA) is 44.1 Å². The van der Waals surface area contributed by atoms with Crippen LogP contribution in [0.25, 0.3) is 0 Å². The first-order valence-corrected chi connectivity index (χ1v) is 5.93. The Kier molecular flexibility index (Phi) is 3.43. The molecule has 0 spiro atoms. The van der Waals surface area contributed by atoms with Gasteiger partial charge >= 0.3 is 0 Å². The lowest BCUT2D eigenvalue weighted by molar-refractivity contribution is -0.129. The number of benzene rings is 1. The molecule has 1 aliphatic heterocycles. The van der Waals surface area contributed by atoms with Crippen molar-refractivity contribution in [3.63, 3.8) is 0 Å². The van der Waals surface area contributed by atoms with E-state index < -0.39 is 0 Å². The van der Waals surface area contributed by atoms with Crippen molar-refractivity contribution in [2.75, 3.05) is 6.54 Å². The highest BCUT2D eigenvalue weighted by molar-refractivity contribution is 5.79. The molecule has 1 aromatic carbocycles. The molecule has 0 aliphatic carbocycles. The van der Waals surface area contributed by atoms with Crippen molar-refractivity contribution in [2.24, 2.45) is 5.92 Å². The molecule has 88 valence electrons. The third-order valence-corrected chi connectivity index (χ3v) is 3.25. The second-order valence-corrected chi connectivity index (χ2v) is 4.61. The third-order valence-electron chi connectivity index (χ3n) is 3.25. The normalized spacial score (nSPS) is 21.3. The zero-order valence-electron chi connectivity index (χ0n) is 9.97. The molecule has 0 aromatic heterocycles. The van der Waals surface area contributed by atoms with Crippen LogP contribution < -0.4 is 0 Å². The average Bonchev–Trinajstić information content (AvgIpc) is 2.72. The summed E-state index contributed by atoms with van der Waals surface area (Å²) in [5.41, 5.74) is 1.23. The molecule has 2 atom stereocenters. The van der Waals surface area contributed by atoms with Gasteiger partial charge in [0.1, 0.15) is 0 Å². The first-order chi connectivity index (χ1) is 8.20. The van der Waals surface area contributed by atoms with Crippen molar-refractivity contribution in [2.45, 2.75) is 25.8 Å². The van der Waals surface area contributed by atoms with Crippen LogP contribution in [-0.2, 0) is 11.2 Å². The number of amides is 1. The Labute approximate surface area is 102 Å². The van der Waals surface area contributed by atoms with Gasteiger partial charge in [0.25, 0.3) is 0 Å². The number of rotatable bonds is 3. The van der Waals surface area contributed by atoms with E-state index in [1.54, 1.807) is 0 Å². The fourth-order valence-corrected chi connectivity index (χ4v) is 2.31. The van der Waals surface area contributed by atoms with Crippen LogP contribution in [0.2, 0.25) is 0 Å². The van der Waals surface area contributed by atoms with E-state index in [1.807, 2.05) is 30.0 Å². The summed E-state index contributed by atoms with van der Waals surface area (Å²) >= 11 is 0. The maximum absolute atomic E-state index is 11.8. The highest BCUT2D eigenvalue weighted by Gasteiger charge is 2.32. The minimum Gasteiger partial charge on any atom is -0.338 e. The molecule has 1 aromatic rings. The summed E-state index contributed by atoms with van der Waals surface area (Å²) in [7, 11) is 0. The molecular formula is C14H16N2O. The van der Waals surface area contributed by atoms with Crippen LogP contribution in [0.1, 0.15) is 18.9 Å². The molecule has 1 saturated heterocycles. The molecule has 1 aliphatic rings. The van der Waals surface area contributed by atoms with Gasteiger partial charge in [-0.25, -0.2) is 0 Å². The number of nitriles is 1. The van der Waals surface area contributed by atoms with Gasteiger partial charge in [0, 0.05) is 19.0 Å². The van der Waals surface area contributed by atoms with Gasteiger partial charge in [-0.1, -0.05) is 30.3 Å². The van der Waals surface area contributed by atoms with Crippen LogP contribution in [0.15, 0.2) is 30.3 Å². The van der Waals surface area contributed by atoms with Gasteiger partial charge in [0.2, 0.25) is 5.91 Å². The van der Waals surface area contributed by atoms with E-state index in [0.717, 1.165) is 6.42 Å². The summed E-state index contributed by atoms with van der Waals surface area (Å²) in [5, 5.41) is 8.84. The van der Waals surface area contributed by atoms with Gasteiger partial charge in [0.05, 0.1) is 12.0 Å². The van der Waals surface area contributed by atoms with Crippen LogP contribution in [0.3, 0.4) is 0 Å². The fraction of sp³-hybridized carbons (Fsp3) is 0.429. The standard InChI is InChI=1S/C14H16N2O/c1-11(7-12-5-3-2-4-6-12)16-10-13(9-15)8-14(16)17/h2-6,11,13H,7-8,10H2,1H3. The first-order valence-electron chi connectivity index (χ1n) is 5.93. The lowest BCUT2D eigenvalue weighted by Gasteiger charge is -2.24. The van der Waals surface area contributed by atoms with Gasteiger partial charge in [-0.2, -0.15) is 5.26 Å². The van der Waals surface area contributed by atoms with Crippen LogP contribution in [0.4, 0.5) is 0 Å². The minimum atomic E-state index is -0.124. The van der Waals surface area contributed by atoms with Gasteiger partial charge < -0.3 is 4.90 Å². The number of hydrogen-bond donors (Lipinski definition) is 0. The summed E-state index contributed by atoms with van der Waals surface area (Å²) in [6.45, 7) is 2.63. The highest BCUT2D eigenvalue weighted by atomic mass is 16.2. The van der Waals surface area contributed by atoms with Crippen molar-refractivity contribution in [3.05, 3.63) is 35.9 Å². The smallest absolute Gasteiger partial charge is 0.224 e. The molecule has 0 bridgehead atoms. The number of carbonyl (C=O) groups excluding carboxylic acids is 1. The van der Waals surface area contributed by atoms with Crippen LogP contribution in [-0.4, -0.2) is 23.4 Å². The van der Waals surface area contributed by atoms with E-state index >= 15 is 0 Å². The molecule has 2 rings (SSSR count). The van der Waals surface area contributed by atoms with Crippen molar-refractivity contribution in [3.8, 4) is 6.07 Å². The number of carbonyl (C=O) groups is 1. The van der Waals surface area contributed by atoms with Gasteiger partial charge in [-0.15, -0.1) is 0 Å². The van der Waals surface area contributed by atoms with Gasteiger partial charge in [-0.05, 0) is 18.9 Å². The Morgan fingerprint density at radius 3 is 2.76 bits per heavy atom. The molecule has 3 nitrogen and oxygen atoms in total. The molecule has 3 heteroatoms. The molecule has 0 N–H and O–H groups in total. The number of hydrogen-bond acceptors (Lipinski definition) is 2. The maximum Gasteiger partial charge on any atom is 0.224 e. The van der Waals surface area contributed by atoms with E-state index in [1.165, 1.54) is 5.56 Å². The predicted octanol–water partition coefficient (Wildman–Crippen LogP) is 1.99. The second kappa shape index (κ2) is 5.01. The minimum absolute atomic E-state index is 0.111. The summed E-state index contributed by atoms with van der Waals surface area (Å²) in [6, 6.07) is 12.5. The molecule has 0 radical (unpaired) electrons. The molecule has 1 amide bonds.